The molecular formula is C11H13F2N3O. The molecule has 0 saturated carbocycles. The smallest absolute Gasteiger partial charge is 0.255 e. The van der Waals surface area contributed by atoms with E-state index in [9.17, 15) is 8.78 Å². The van der Waals surface area contributed by atoms with E-state index in [1.54, 1.807) is 12.1 Å². The molecular weight excluding hydrogens is 228 g/mol. The van der Waals surface area contributed by atoms with Crippen molar-refractivity contribution in [3.8, 4) is 6.07 Å². The first-order chi connectivity index (χ1) is 8.10. The van der Waals surface area contributed by atoms with Crippen molar-refractivity contribution in [2.24, 2.45) is 0 Å². The zero-order valence-electron chi connectivity index (χ0n) is 9.11. The molecule has 0 fully saturated rings. The Morgan fingerprint density at radius 3 is 2.71 bits per heavy atom. The second-order valence-corrected chi connectivity index (χ2v) is 3.41. The van der Waals surface area contributed by atoms with Crippen molar-refractivity contribution >= 4 is 11.4 Å². The zero-order valence-corrected chi connectivity index (χ0v) is 9.11. The van der Waals surface area contributed by atoms with Crippen molar-refractivity contribution in [3.63, 3.8) is 0 Å². The number of hydrogen-bond acceptors (Lipinski definition) is 4. The summed E-state index contributed by atoms with van der Waals surface area (Å²) in [6.07, 6.45) is -2.54. The predicted molar refractivity (Wildman–Crippen MR) is 60.9 cm³/mol. The number of aliphatic hydroxyl groups is 1. The van der Waals surface area contributed by atoms with Gasteiger partial charge in [0.1, 0.15) is 6.07 Å². The van der Waals surface area contributed by atoms with Gasteiger partial charge in [0, 0.05) is 6.54 Å². The molecule has 0 amide bonds. The summed E-state index contributed by atoms with van der Waals surface area (Å²) < 4.78 is 24.8. The van der Waals surface area contributed by atoms with Gasteiger partial charge in [0.2, 0.25) is 0 Å². The summed E-state index contributed by atoms with van der Waals surface area (Å²) >= 11 is 0. The Bertz CT molecular complexity index is 418. The first-order valence-corrected chi connectivity index (χ1v) is 5.02. The Kier molecular flexibility index (Phi) is 4.67. The van der Waals surface area contributed by atoms with Crippen molar-refractivity contribution in [2.45, 2.75) is 6.43 Å². The van der Waals surface area contributed by atoms with E-state index in [0.29, 0.717) is 5.69 Å². The Labute approximate surface area is 97.9 Å². The van der Waals surface area contributed by atoms with Crippen molar-refractivity contribution in [2.75, 3.05) is 30.3 Å². The Hall–Kier alpha value is -1.87. The van der Waals surface area contributed by atoms with E-state index in [1.807, 2.05) is 6.07 Å². The number of para-hydroxylation sites is 1. The van der Waals surface area contributed by atoms with Crippen LogP contribution in [-0.4, -0.2) is 31.2 Å². The predicted octanol–water partition coefficient (Wildman–Crippen LogP) is 1.20. The number of nitriles is 1. The van der Waals surface area contributed by atoms with E-state index in [0.717, 1.165) is 0 Å². The van der Waals surface area contributed by atoms with Crippen LogP contribution in [0.1, 0.15) is 5.56 Å². The molecule has 0 aromatic heterocycles. The van der Waals surface area contributed by atoms with E-state index in [4.69, 9.17) is 16.1 Å². The van der Waals surface area contributed by atoms with Gasteiger partial charge in [-0.3, -0.25) is 0 Å². The molecule has 0 heterocycles. The van der Waals surface area contributed by atoms with Crippen LogP contribution in [0.25, 0.3) is 0 Å². The van der Waals surface area contributed by atoms with Crippen molar-refractivity contribution in [1.29, 1.82) is 5.26 Å². The average molecular weight is 241 g/mol. The van der Waals surface area contributed by atoms with E-state index in [-0.39, 0.29) is 24.4 Å². The summed E-state index contributed by atoms with van der Waals surface area (Å²) in [6, 6.07) is 6.52. The number of nitrogen functional groups attached to an aromatic ring is 1. The van der Waals surface area contributed by atoms with E-state index in [2.05, 4.69) is 0 Å². The number of alkyl halides is 2. The van der Waals surface area contributed by atoms with Crippen LogP contribution in [0.2, 0.25) is 0 Å². The van der Waals surface area contributed by atoms with Gasteiger partial charge in [-0.1, -0.05) is 6.07 Å². The molecule has 1 aromatic carbocycles. The zero-order chi connectivity index (χ0) is 12.8. The molecule has 17 heavy (non-hydrogen) atoms. The second kappa shape index (κ2) is 6.01. The van der Waals surface area contributed by atoms with Crippen LogP contribution in [0, 0.1) is 11.3 Å². The molecule has 92 valence electrons. The van der Waals surface area contributed by atoms with Gasteiger partial charge in [0.15, 0.2) is 0 Å². The lowest BCUT2D eigenvalue weighted by atomic mass is 10.1. The third-order valence-corrected chi connectivity index (χ3v) is 2.27. The highest BCUT2D eigenvalue weighted by molar-refractivity contribution is 5.74. The second-order valence-electron chi connectivity index (χ2n) is 3.41. The first kappa shape index (κ1) is 13.2. The molecule has 0 saturated heterocycles. The molecule has 0 radical (unpaired) electrons. The lowest BCUT2D eigenvalue weighted by molar-refractivity contribution is 0.153. The van der Waals surface area contributed by atoms with Gasteiger partial charge in [-0.25, -0.2) is 8.78 Å². The lowest BCUT2D eigenvalue weighted by Gasteiger charge is -2.25. The van der Waals surface area contributed by atoms with Gasteiger partial charge in [0.25, 0.3) is 6.43 Å². The number of hydrogen-bond donors (Lipinski definition) is 2. The fourth-order valence-electron chi connectivity index (χ4n) is 1.52. The van der Waals surface area contributed by atoms with Gasteiger partial charge >= 0.3 is 0 Å². The summed E-state index contributed by atoms with van der Waals surface area (Å²) in [6.45, 7) is -0.744. The largest absolute Gasteiger partial charge is 0.396 e. The molecule has 0 atom stereocenters. The number of benzene rings is 1. The fraction of sp³-hybridized carbons (Fsp3) is 0.364. The maximum atomic E-state index is 12.4. The average Bonchev–Trinajstić information content (AvgIpc) is 2.28. The maximum absolute atomic E-state index is 12.4. The van der Waals surface area contributed by atoms with Crippen LogP contribution in [-0.2, 0) is 0 Å². The molecule has 1 rings (SSSR count). The summed E-state index contributed by atoms with van der Waals surface area (Å²) in [5.74, 6) is 0. The number of nitrogens with zero attached hydrogens (tertiary/aromatic N) is 2. The quantitative estimate of drug-likeness (QED) is 0.760. The normalized spacial score (nSPS) is 10.3. The molecule has 0 aliphatic heterocycles. The molecule has 0 bridgehead atoms. The Balaban J connectivity index is 3.05. The van der Waals surface area contributed by atoms with Crippen LogP contribution in [0.15, 0.2) is 18.2 Å². The third kappa shape index (κ3) is 3.29. The van der Waals surface area contributed by atoms with Crippen molar-refractivity contribution < 1.29 is 13.9 Å². The van der Waals surface area contributed by atoms with Gasteiger partial charge in [-0.2, -0.15) is 5.26 Å². The Morgan fingerprint density at radius 2 is 2.18 bits per heavy atom. The van der Waals surface area contributed by atoms with Crippen LogP contribution in [0.5, 0.6) is 0 Å². The number of aliphatic hydroxyl groups excluding tert-OH is 1. The number of nitrogens with two attached hydrogens (primary N) is 1. The molecule has 3 N–H and O–H groups in total. The number of anilines is 2. The highest BCUT2D eigenvalue weighted by Gasteiger charge is 2.16. The van der Waals surface area contributed by atoms with E-state index >= 15 is 0 Å². The SMILES string of the molecule is N#Cc1cccc(N(CCO)CC(F)F)c1N. The van der Waals surface area contributed by atoms with Gasteiger partial charge in [0.05, 0.1) is 30.1 Å². The van der Waals surface area contributed by atoms with E-state index in [1.165, 1.54) is 11.0 Å². The van der Waals surface area contributed by atoms with Gasteiger partial charge in [-0.05, 0) is 12.1 Å². The van der Waals surface area contributed by atoms with Crippen molar-refractivity contribution in [1.82, 2.24) is 0 Å². The van der Waals surface area contributed by atoms with E-state index < -0.39 is 13.0 Å². The van der Waals surface area contributed by atoms with Gasteiger partial charge in [-0.15, -0.1) is 0 Å². The van der Waals surface area contributed by atoms with Crippen LogP contribution in [0.4, 0.5) is 20.2 Å². The first-order valence-electron chi connectivity index (χ1n) is 5.02. The summed E-state index contributed by atoms with van der Waals surface area (Å²) in [5.41, 5.74) is 6.45. The number of halogens is 2. The summed E-state index contributed by atoms with van der Waals surface area (Å²) in [5, 5.41) is 17.6. The maximum Gasteiger partial charge on any atom is 0.255 e. The third-order valence-electron chi connectivity index (χ3n) is 2.27. The molecule has 0 aliphatic rings. The molecule has 4 nitrogen and oxygen atoms in total. The lowest BCUT2D eigenvalue weighted by Crippen LogP contribution is -2.32. The van der Waals surface area contributed by atoms with Crippen LogP contribution in [0.3, 0.4) is 0 Å². The number of rotatable bonds is 5. The molecule has 6 heteroatoms. The fourth-order valence-corrected chi connectivity index (χ4v) is 1.52. The molecule has 1 aromatic rings. The molecule has 0 aliphatic carbocycles. The minimum absolute atomic E-state index is 0.0451. The minimum Gasteiger partial charge on any atom is -0.396 e. The van der Waals surface area contributed by atoms with Crippen LogP contribution >= 0.6 is 0 Å². The van der Waals surface area contributed by atoms with Crippen LogP contribution < -0.4 is 10.6 Å². The summed E-state index contributed by atoms with van der Waals surface area (Å²) in [4.78, 5) is 1.26. The highest BCUT2D eigenvalue weighted by Crippen LogP contribution is 2.26. The standard InChI is InChI=1S/C11H13F2N3O/c12-10(13)7-16(4-5-17)9-3-1-2-8(6-14)11(9)15/h1-3,10,17H,4-5,7,15H2. The minimum atomic E-state index is -2.54. The monoisotopic (exact) mass is 241 g/mol. The molecule has 0 unspecified atom stereocenters. The highest BCUT2D eigenvalue weighted by atomic mass is 19.3. The molecule has 0 spiro atoms. The van der Waals surface area contributed by atoms with Gasteiger partial charge < -0.3 is 15.7 Å². The topological polar surface area (TPSA) is 73.3 Å². The van der Waals surface area contributed by atoms with Crippen molar-refractivity contribution in [3.05, 3.63) is 23.8 Å². The Morgan fingerprint density at radius 1 is 1.47 bits per heavy atom. The summed E-state index contributed by atoms with van der Waals surface area (Å²) in [7, 11) is 0.